The highest BCUT2D eigenvalue weighted by molar-refractivity contribution is 6.32. The summed E-state index contributed by atoms with van der Waals surface area (Å²) in [6.07, 6.45) is 3.34. The highest BCUT2D eigenvalue weighted by Gasteiger charge is 2.35. The van der Waals surface area contributed by atoms with Crippen LogP contribution in [0.4, 0.5) is 5.69 Å². The van der Waals surface area contributed by atoms with Crippen molar-refractivity contribution in [1.82, 2.24) is 0 Å². The maximum absolute atomic E-state index is 13.0. The highest BCUT2D eigenvalue weighted by Crippen LogP contribution is 2.31. The van der Waals surface area contributed by atoms with Crippen molar-refractivity contribution < 1.29 is 23.9 Å². The van der Waals surface area contributed by atoms with Gasteiger partial charge in [-0.05, 0) is 61.4 Å². The number of rotatable bonds is 9. The molecular formula is C30H28ClNO5. The third-order valence-electron chi connectivity index (χ3n) is 5.97. The predicted molar refractivity (Wildman–Crippen MR) is 144 cm³/mol. The Labute approximate surface area is 221 Å². The Balaban J connectivity index is 1.44. The number of anilines is 1. The number of benzene rings is 3. The second-order valence-electron chi connectivity index (χ2n) is 8.89. The fourth-order valence-corrected chi connectivity index (χ4v) is 4.28. The fourth-order valence-electron chi connectivity index (χ4n) is 4.10. The van der Waals surface area contributed by atoms with Crippen LogP contribution >= 0.6 is 11.6 Å². The number of carbonyl (C=O) groups is 3. The van der Waals surface area contributed by atoms with E-state index in [0.717, 1.165) is 23.3 Å². The van der Waals surface area contributed by atoms with E-state index in [1.54, 1.807) is 42.5 Å². The van der Waals surface area contributed by atoms with Gasteiger partial charge in [-0.2, -0.15) is 0 Å². The second-order valence-corrected chi connectivity index (χ2v) is 9.32. The summed E-state index contributed by atoms with van der Waals surface area (Å²) in [5.74, 6) is -0.446. The molecule has 0 aliphatic carbocycles. The molecule has 3 aromatic rings. The molecule has 190 valence electrons. The Kier molecular flexibility index (Phi) is 8.41. The molecule has 1 heterocycles. The van der Waals surface area contributed by atoms with E-state index >= 15 is 0 Å². The molecule has 1 atom stereocenters. The Morgan fingerprint density at radius 1 is 1.05 bits per heavy atom. The van der Waals surface area contributed by atoms with Crippen LogP contribution in [0.3, 0.4) is 0 Å². The van der Waals surface area contributed by atoms with E-state index in [4.69, 9.17) is 21.1 Å². The lowest BCUT2D eigenvalue weighted by molar-refractivity contribution is -0.120. The van der Waals surface area contributed by atoms with Crippen LogP contribution in [-0.2, 0) is 20.9 Å². The van der Waals surface area contributed by atoms with Crippen LogP contribution in [-0.4, -0.2) is 23.9 Å². The molecule has 0 N–H and O–H groups in total. The van der Waals surface area contributed by atoms with E-state index in [2.05, 4.69) is 6.92 Å². The topological polar surface area (TPSA) is 72.9 Å². The normalized spacial score (nSPS) is 15.2. The second kappa shape index (κ2) is 11.9. The zero-order chi connectivity index (χ0) is 26.4. The number of para-hydroxylation sites is 1. The SMILES string of the molecule is CCCC(C)OC(=O)c1ccc(COc2ccccc2/C=C2\CC(=O)N(c3cccc(Cl)c3)C2=O)cc1. The summed E-state index contributed by atoms with van der Waals surface area (Å²) >= 11 is 6.04. The largest absolute Gasteiger partial charge is 0.488 e. The van der Waals surface area contributed by atoms with Crippen molar-refractivity contribution in [3.8, 4) is 5.75 Å². The van der Waals surface area contributed by atoms with Crippen LogP contribution in [0.15, 0.2) is 78.4 Å². The fraction of sp³-hybridized carbons (Fsp3) is 0.233. The molecule has 2 amide bonds. The van der Waals surface area contributed by atoms with E-state index in [1.165, 1.54) is 0 Å². The molecule has 1 unspecified atom stereocenters. The van der Waals surface area contributed by atoms with Gasteiger partial charge in [0.1, 0.15) is 12.4 Å². The quantitative estimate of drug-likeness (QED) is 0.181. The Hall–Kier alpha value is -3.90. The summed E-state index contributed by atoms with van der Waals surface area (Å²) in [7, 11) is 0. The molecule has 6 nitrogen and oxygen atoms in total. The summed E-state index contributed by atoms with van der Waals surface area (Å²) in [6.45, 7) is 4.21. The number of imide groups is 1. The van der Waals surface area contributed by atoms with Crippen molar-refractivity contribution in [3.63, 3.8) is 0 Å². The first-order chi connectivity index (χ1) is 17.9. The monoisotopic (exact) mass is 517 g/mol. The lowest BCUT2D eigenvalue weighted by atomic mass is 10.1. The number of esters is 1. The molecular weight excluding hydrogens is 490 g/mol. The summed E-state index contributed by atoms with van der Waals surface area (Å²) in [4.78, 5) is 39.1. The third-order valence-corrected chi connectivity index (χ3v) is 6.21. The number of carbonyl (C=O) groups excluding carboxylic acids is 3. The van der Waals surface area contributed by atoms with Gasteiger partial charge in [-0.15, -0.1) is 0 Å². The number of ether oxygens (including phenoxy) is 2. The molecule has 37 heavy (non-hydrogen) atoms. The van der Waals surface area contributed by atoms with Crippen LogP contribution in [0.2, 0.25) is 5.02 Å². The molecule has 0 saturated carbocycles. The number of amides is 2. The Bertz CT molecular complexity index is 1330. The lowest BCUT2D eigenvalue weighted by Gasteiger charge is -2.14. The molecule has 1 aliphatic rings. The minimum absolute atomic E-state index is 0.00584. The summed E-state index contributed by atoms with van der Waals surface area (Å²) in [6, 6.07) is 21.1. The predicted octanol–water partition coefficient (Wildman–Crippen LogP) is 6.61. The summed E-state index contributed by atoms with van der Waals surface area (Å²) < 4.78 is 11.5. The van der Waals surface area contributed by atoms with Gasteiger partial charge in [0.25, 0.3) is 5.91 Å². The molecule has 1 aliphatic heterocycles. The smallest absolute Gasteiger partial charge is 0.338 e. The van der Waals surface area contributed by atoms with Gasteiger partial charge < -0.3 is 9.47 Å². The van der Waals surface area contributed by atoms with E-state index < -0.39 is 0 Å². The first kappa shape index (κ1) is 26.2. The van der Waals surface area contributed by atoms with Gasteiger partial charge in [-0.3, -0.25) is 9.59 Å². The average Bonchev–Trinajstić information content (AvgIpc) is 3.16. The first-order valence-corrected chi connectivity index (χ1v) is 12.6. The zero-order valence-corrected chi connectivity index (χ0v) is 21.5. The van der Waals surface area contributed by atoms with E-state index in [1.807, 2.05) is 43.3 Å². The van der Waals surface area contributed by atoms with Crippen LogP contribution in [0, 0.1) is 0 Å². The minimum Gasteiger partial charge on any atom is -0.488 e. The molecule has 3 aromatic carbocycles. The Morgan fingerprint density at radius 3 is 2.54 bits per heavy atom. The molecule has 0 radical (unpaired) electrons. The van der Waals surface area contributed by atoms with Crippen LogP contribution < -0.4 is 9.64 Å². The molecule has 7 heteroatoms. The molecule has 1 fully saturated rings. The van der Waals surface area contributed by atoms with Gasteiger partial charge >= 0.3 is 5.97 Å². The van der Waals surface area contributed by atoms with Gasteiger partial charge in [0.2, 0.25) is 5.91 Å². The average molecular weight is 518 g/mol. The lowest BCUT2D eigenvalue weighted by Crippen LogP contribution is -2.28. The van der Waals surface area contributed by atoms with Crippen molar-refractivity contribution in [2.75, 3.05) is 4.90 Å². The van der Waals surface area contributed by atoms with Crippen molar-refractivity contribution in [3.05, 3.63) is 100 Å². The van der Waals surface area contributed by atoms with Crippen molar-refractivity contribution in [1.29, 1.82) is 0 Å². The number of hydrogen-bond donors (Lipinski definition) is 0. The summed E-state index contributed by atoms with van der Waals surface area (Å²) in [5, 5.41) is 0.449. The van der Waals surface area contributed by atoms with E-state index in [9.17, 15) is 14.4 Å². The number of hydrogen-bond acceptors (Lipinski definition) is 5. The minimum atomic E-state index is -0.377. The van der Waals surface area contributed by atoms with E-state index in [0.29, 0.717) is 33.2 Å². The van der Waals surface area contributed by atoms with Crippen molar-refractivity contribution in [2.24, 2.45) is 0 Å². The van der Waals surface area contributed by atoms with E-state index in [-0.39, 0.29) is 36.9 Å². The van der Waals surface area contributed by atoms with Crippen molar-refractivity contribution >= 4 is 41.1 Å². The molecule has 0 bridgehead atoms. The van der Waals surface area contributed by atoms with Gasteiger partial charge in [-0.25, -0.2) is 9.69 Å². The maximum Gasteiger partial charge on any atom is 0.338 e. The van der Waals surface area contributed by atoms with Crippen molar-refractivity contribution in [2.45, 2.75) is 45.8 Å². The number of halogens is 1. The molecule has 1 saturated heterocycles. The third kappa shape index (κ3) is 6.46. The van der Waals surface area contributed by atoms with Gasteiger partial charge in [0, 0.05) is 16.2 Å². The maximum atomic E-state index is 13.0. The Morgan fingerprint density at radius 2 is 1.81 bits per heavy atom. The van der Waals surface area contributed by atoms with Crippen LogP contribution in [0.25, 0.3) is 6.08 Å². The molecule has 0 aromatic heterocycles. The van der Waals surface area contributed by atoms with Crippen LogP contribution in [0.1, 0.15) is 54.6 Å². The van der Waals surface area contributed by atoms with Gasteiger partial charge in [0.15, 0.2) is 0 Å². The van der Waals surface area contributed by atoms with Gasteiger partial charge in [0.05, 0.1) is 23.8 Å². The molecule has 0 spiro atoms. The van der Waals surface area contributed by atoms with Crippen LogP contribution in [0.5, 0.6) is 5.75 Å². The first-order valence-electron chi connectivity index (χ1n) is 12.2. The number of nitrogens with zero attached hydrogens (tertiary/aromatic N) is 1. The summed E-state index contributed by atoms with van der Waals surface area (Å²) in [5.41, 5.74) is 2.88. The standard InChI is InChI=1S/C30H28ClNO5/c1-3-7-20(2)37-30(35)22-14-12-21(13-15-22)19-36-27-11-5-4-8-23(27)16-24-17-28(33)32(29(24)34)26-10-6-9-25(31)18-26/h4-6,8-16,18,20H,3,7,17,19H2,1-2H3/b24-16+. The van der Waals surface area contributed by atoms with Gasteiger partial charge in [-0.1, -0.05) is 61.3 Å². The highest BCUT2D eigenvalue weighted by atomic mass is 35.5. The molecule has 4 rings (SSSR count). The zero-order valence-electron chi connectivity index (χ0n) is 20.8.